The van der Waals surface area contributed by atoms with Gasteiger partial charge in [0.15, 0.2) is 0 Å². The lowest BCUT2D eigenvalue weighted by molar-refractivity contribution is -0.140. The third kappa shape index (κ3) is 5.02. The number of benzene rings is 2. The van der Waals surface area contributed by atoms with Crippen LogP contribution in [0.5, 0.6) is 0 Å². The minimum atomic E-state index is -1.09. The number of carbonyl (C=O) groups excluding carboxylic acids is 2. The number of nitrogens with one attached hydrogen (secondary N) is 2. The maximum absolute atomic E-state index is 12.9. The van der Waals surface area contributed by atoms with E-state index >= 15 is 0 Å². The molecule has 2 aromatic carbocycles. The molecule has 0 heterocycles. The number of rotatable bonds is 7. The van der Waals surface area contributed by atoms with Gasteiger partial charge in [-0.1, -0.05) is 74.2 Å². The van der Waals surface area contributed by atoms with E-state index in [1.54, 1.807) is 0 Å². The molecule has 2 amide bonds. The van der Waals surface area contributed by atoms with E-state index in [2.05, 4.69) is 34.9 Å². The van der Waals surface area contributed by atoms with Gasteiger partial charge < -0.3 is 20.5 Å². The lowest BCUT2D eigenvalue weighted by Crippen LogP contribution is -2.49. The van der Waals surface area contributed by atoms with Gasteiger partial charge in [0.2, 0.25) is 5.91 Å². The van der Waals surface area contributed by atoms with Gasteiger partial charge in [-0.3, -0.25) is 9.59 Å². The molecule has 0 bridgehead atoms. The quantitative estimate of drug-likeness (QED) is 0.552. The Labute approximate surface area is 193 Å². The molecule has 2 aliphatic rings. The van der Waals surface area contributed by atoms with Crippen molar-refractivity contribution in [2.45, 2.75) is 44.4 Å². The molecule has 0 spiro atoms. The molecular weight excluding hydrogens is 420 g/mol. The summed E-state index contributed by atoms with van der Waals surface area (Å²) in [4.78, 5) is 36.4. The summed E-state index contributed by atoms with van der Waals surface area (Å²) < 4.78 is 5.61. The number of ether oxygens (including phenoxy) is 1. The van der Waals surface area contributed by atoms with Crippen LogP contribution in [0.15, 0.2) is 48.5 Å². The topological polar surface area (TPSA) is 105 Å². The van der Waals surface area contributed by atoms with Crippen molar-refractivity contribution in [1.29, 1.82) is 0 Å². The SMILES string of the molecule is O=C(O)CNC(=O)C1(CNC(=O)OCC2c3ccccc3-c3ccccc32)CCCCCC1. The van der Waals surface area contributed by atoms with Gasteiger partial charge >= 0.3 is 12.1 Å². The number of fused-ring (bicyclic) bond motifs is 3. The van der Waals surface area contributed by atoms with Crippen molar-refractivity contribution < 1.29 is 24.2 Å². The molecule has 0 atom stereocenters. The molecule has 7 nitrogen and oxygen atoms in total. The van der Waals surface area contributed by atoms with Gasteiger partial charge in [-0.15, -0.1) is 0 Å². The Morgan fingerprint density at radius 2 is 1.45 bits per heavy atom. The zero-order valence-corrected chi connectivity index (χ0v) is 18.6. The maximum Gasteiger partial charge on any atom is 0.407 e. The van der Waals surface area contributed by atoms with E-state index in [4.69, 9.17) is 9.84 Å². The minimum absolute atomic E-state index is 0.0335. The van der Waals surface area contributed by atoms with Crippen molar-refractivity contribution in [2.24, 2.45) is 5.41 Å². The van der Waals surface area contributed by atoms with Crippen molar-refractivity contribution in [2.75, 3.05) is 19.7 Å². The maximum atomic E-state index is 12.9. The first-order valence-electron chi connectivity index (χ1n) is 11.6. The van der Waals surface area contributed by atoms with E-state index in [9.17, 15) is 14.4 Å². The zero-order valence-electron chi connectivity index (χ0n) is 18.6. The first-order chi connectivity index (χ1) is 16.0. The van der Waals surface area contributed by atoms with Gasteiger partial charge in [0.05, 0.1) is 5.41 Å². The fourth-order valence-electron chi connectivity index (χ4n) is 5.12. The van der Waals surface area contributed by atoms with Gasteiger partial charge in [-0.05, 0) is 35.1 Å². The highest BCUT2D eigenvalue weighted by molar-refractivity contribution is 5.86. The number of alkyl carbamates (subject to hydrolysis) is 1. The van der Waals surface area contributed by atoms with Crippen LogP contribution in [0.3, 0.4) is 0 Å². The first kappa shape index (κ1) is 22.8. The van der Waals surface area contributed by atoms with Crippen molar-refractivity contribution in [3.63, 3.8) is 0 Å². The van der Waals surface area contributed by atoms with E-state index in [0.717, 1.165) is 47.9 Å². The molecule has 0 aromatic heterocycles. The second-order valence-corrected chi connectivity index (χ2v) is 8.95. The molecular formula is C26H30N2O5. The summed E-state index contributed by atoms with van der Waals surface area (Å²) >= 11 is 0. The summed E-state index contributed by atoms with van der Waals surface area (Å²) in [6, 6.07) is 16.3. The molecule has 174 valence electrons. The van der Waals surface area contributed by atoms with Crippen LogP contribution in [-0.4, -0.2) is 42.8 Å². The lowest BCUT2D eigenvalue weighted by atomic mass is 9.79. The van der Waals surface area contributed by atoms with Gasteiger partial charge in [0.25, 0.3) is 0 Å². The van der Waals surface area contributed by atoms with Crippen molar-refractivity contribution in [1.82, 2.24) is 10.6 Å². The van der Waals surface area contributed by atoms with Crippen LogP contribution in [-0.2, 0) is 14.3 Å². The summed E-state index contributed by atoms with van der Waals surface area (Å²) in [6.45, 7) is -0.0846. The third-order valence-electron chi connectivity index (χ3n) is 6.86. The fourth-order valence-corrected chi connectivity index (χ4v) is 5.12. The van der Waals surface area contributed by atoms with Crippen LogP contribution in [0, 0.1) is 5.41 Å². The average molecular weight is 451 g/mol. The number of amides is 2. The average Bonchev–Trinajstić information content (AvgIpc) is 2.96. The molecule has 4 rings (SSSR count). The molecule has 0 aliphatic heterocycles. The van der Waals surface area contributed by atoms with Crippen LogP contribution < -0.4 is 10.6 Å². The van der Waals surface area contributed by atoms with Crippen LogP contribution in [0.25, 0.3) is 11.1 Å². The molecule has 3 N–H and O–H groups in total. The molecule has 0 radical (unpaired) electrons. The standard InChI is InChI=1S/C26H30N2O5/c29-23(30)15-27-24(31)26(13-7-1-2-8-14-26)17-28-25(32)33-16-22-20-11-5-3-9-18(20)19-10-4-6-12-21(19)22/h3-6,9-12,22H,1-2,7-8,13-17H2,(H,27,31)(H,28,32)(H,29,30). The van der Waals surface area contributed by atoms with Crippen LogP contribution in [0.1, 0.15) is 55.6 Å². The number of hydrogen-bond donors (Lipinski definition) is 3. The van der Waals surface area contributed by atoms with Gasteiger partial charge in [0.1, 0.15) is 13.2 Å². The predicted molar refractivity (Wildman–Crippen MR) is 124 cm³/mol. The first-order valence-corrected chi connectivity index (χ1v) is 11.6. The normalized spacial score (nSPS) is 16.7. The van der Waals surface area contributed by atoms with Crippen molar-refractivity contribution in [3.8, 4) is 11.1 Å². The number of carbonyl (C=O) groups is 3. The summed E-state index contributed by atoms with van der Waals surface area (Å²) in [5, 5.41) is 14.2. The number of carboxylic acid groups (broad SMARTS) is 1. The number of aliphatic carboxylic acids is 1. The van der Waals surface area contributed by atoms with Crippen LogP contribution >= 0.6 is 0 Å². The molecule has 1 saturated carbocycles. The predicted octanol–water partition coefficient (Wildman–Crippen LogP) is 4.07. The summed E-state index contributed by atoms with van der Waals surface area (Å²) in [7, 11) is 0. The number of carboxylic acids is 1. The van der Waals surface area contributed by atoms with Gasteiger partial charge in [-0.2, -0.15) is 0 Å². The molecule has 33 heavy (non-hydrogen) atoms. The van der Waals surface area contributed by atoms with Crippen LogP contribution in [0.2, 0.25) is 0 Å². The fraction of sp³-hybridized carbons (Fsp3) is 0.423. The Balaban J connectivity index is 1.40. The van der Waals surface area contributed by atoms with E-state index < -0.39 is 24.0 Å². The van der Waals surface area contributed by atoms with Gasteiger partial charge in [-0.25, -0.2) is 4.79 Å². The van der Waals surface area contributed by atoms with Crippen molar-refractivity contribution in [3.05, 3.63) is 59.7 Å². The largest absolute Gasteiger partial charge is 0.480 e. The molecule has 2 aromatic rings. The Kier molecular flexibility index (Phi) is 6.96. The van der Waals surface area contributed by atoms with Crippen LogP contribution in [0.4, 0.5) is 4.79 Å². The van der Waals surface area contributed by atoms with E-state index in [1.165, 1.54) is 0 Å². The monoisotopic (exact) mass is 450 g/mol. The number of hydrogen-bond acceptors (Lipinski definition) is 4. The Hall–Kier alpha value is -3.35. The van der Waals surface area contributed by atoms with E-state index in [0.29, 0.717) is 12.8 Å². The molecule has 2 aliphatic carbocycles. The van der Waals surface area contributed by atoms with E-state index in [1.807, 2.05) is 24.3 Å². The molecule has 7 heteroatoms. The molecule has 0 unspecified atom stereocenters. The minimum Gasteiger partial charge on any atom is -0.480 e. The third-order valence-corrected chi connectivity index (χ3v) is 6.86. The highest BCUT2D eigenvalue weighted by Gasteiger charge is 2.39. The second kappa shape index (κ2) is 10.1. The Morgan fingerprint density at radius 1 is 0.879 bits per heavy atom. The highest BCUT2D eigenvalue weighted by Crippen LogP contribution is 2.44. The highest BCUT2D eigenvalue weighted by atomic mass is 16.5. The molecule has 1 fully saturated rings. The zero-order chi connectivity index (χ0) is 23.3. The smallest absolute Gasteiger partial charge is 0.407 e. The summed E-state index contributed by atoms with van der Waals surface area (Å²) in [6.07, 6.45) is 4.45. The van der Waals surface area contributed by atoms with Gasteiger partial charge in [0, 0.05) is 12.5 Å². The summed E-state index contributed by atoms with van der Waals surface area (Å²) in [5.41, 5.74) is 3.79. The Bertz CT molecular complexity index is 981. The Morgan fingerprint density at radius 3 is 2.03 bits per heavy atom. The summed E-state index contributed by atoms with van der Waals surface area (Å²) in [5.74, 6) is -1.43. The lowest BCUT2D eigenvalue weighted by Gasteiger charge is -2.31. The van der Waals surface area contributed by atoms with Crippen molar-refractivity contribution >= 4 is 18.0 Å². The second-order valence-electron chi connectivity index (χ2n) is 8.95. The van der Waals surface area contributed by atoms with E-state index in [-0.39, 0.29) is 25.0 Å². The molecule has 0 saturated heterocycles.